The van der Waals surface area contributed by atoms with Crippen molar-refractivity contribution in [1.82, 2.24) is 0 Å². The smallest absolute Gasteiger partial charge is 0.341 e. The Bertz CT molecular complexity index is 250. The molecule has 0 saturated carbocycles. The molecule has 0 amide bonds. The van der Waals surface area contributed by atoms with Crippen LogP contribution in [-0.4, -0.2) is 24.0 Å². The molecule has 0 fully saturated rings. The molecule has 0 saturated heterocycles. The Labute approximate surface area is 70.1 Å². The predicted octanol–water partition coefficient (Wildman–Crippen LogP) is 0.746. The van der Waals surface area contributed by atoms with Crippen LogP contribution in [0.15, 0.2) is 24.0 Å². The van der Waals surface area contributed by atoms with Crippen LogP contribution in [0, 0.1) is 0 Å². The molecule has 0 aliphatic heterocycles. The van der Waals surface area contributed by atoms with E-state index >= 15 is 0 Å². The van der Waals surface area contributed by atoms with Gasteiger partial charge in [0.1, 0.15) is 5.57 Å². The van der Waals surface area contributed by atoms with Crippen molar-refractivity contribution in [3.63, 3.8) is 0 Å². The van der Waals surface area contributed by atoms with Crippen LogP contribution >= 0.6 is 0 Å². The van der Waals surface area contributed by atoms with Gasteiger partial charge in [0, 0.05) is 0 Å². The van der Waals surface area contributed by atoms with Crippen molar-refractivity contribution in [3.8, 4) is 0 Å². The lowest BCUT2D eigenvalue weighted by Gasteiger charge is -2.00. The quantitative estimate of drug-likeness (QED) is 0.223. The van der Waals surface area contributed by atoms with Crippen molar-refractivity contribution < 1.29 is 19.4 Å². The molecule has 0 radical (unpaired) electrons. The number of esters is 1. The van der Waals surface area contributed by atoms with E-state index < -0.39 is 17.5 Å². The van der Waals surface area contributed by atoms with E-state index in [1.165, 1.54) is 13.0 Å². The van der Waals surface area contributed by atoms with Gasteiger partial charge in [-0.05, 0) is 13.0 Å². The normalized spacial score (nSPS) is 10.7. The van der Waals surface area contributed by atoms with E-state index in [-0.39, 0.29) is 5.57 Å². The van der Waals surface area contributed by atoms with Gasteiger partial charge in [0.05, 0.1) is 7.11 Å². The highest BCUT2D eigenvalue weighted by Crippen LogP contribution is 2.02. The molecule has 0 unspecified atom stereocenters. The fraction of sp³-hybridized carbons (Fsp3) is 0.250. The Balaban J connectivity index is 4.52. The number of aliphatic hydroxyl groups excluding tert-OH is 1. The average molecular weight is 170 g/mol. The number of carbonyl (C=O) groups is 2. The van der Waals surface area contributed by atoms with Crippen LogP contribution in [0.3, 0.4) is 0 Å². The molecule has 1 N–H and O–H groups in total. The fourth-order valence-electron chi connectivity index (χ4n) is 0.502. The molecule has 0 aliphatic rings. The maximum Gasteiger partial charge on any atom is 0.341 e. The molecule has 4 nitrogen and oxygen atoms in total. The number of ether oxygens (including phenoxy) is 1. The summed E-state index contributed by atoms with van der Waals surface area (Å²) >= 11 is 0. The van der Waals surface area contributed by atoms with Crippen molar-refractivity contribution in [2.75, 3.05) is 7.11 Å². The average Bonchev–Trinajstić information content (AvgIpc) is 2.12. The number of carbonyl (C=O) groups excluding carboxylic acids is 2. The summed E-state index contributed by atoms with van der Waals surface area (Å²) in [5, 5.41) is 8.88. The maximum atomic E-state index is 11.0. The summed E-state index contributed by atoms with van der Waals surface area (Å²) < 4.78 is 4.23. The van der Waals surface area contributed by atoms with Crippen LogP contribution in [0.5, 0.6) is 0 Å². The van der Waals surface area contributed by atoms with E-state index in [0.717, 1.165) is 7.11 Å². The Kier molecular flexibility index (Phi) is 3.76. The zero-order valence-electron chi connectivity index (χ0n) is 6.96. The zero-order chi connectivity index (χ0) is 9.72. The van der Waals surface area contributed by atoms with Crippen LogP contribution in [0.25, 0.3) is 0 Å². The maximum absolute atomic E-state index is 11.0. The van der Waals surface area contributed by atoms with Crippen LogP contribution in [-0.2, 0) is 14.3 Å². The molecule has 0 spiro atoms. The number of ketones is 1. The first-order chi connectivity index (χ1) is 5.54. The third-order valence-electron chi connectivity index (χ3n) is 1.21. The van der Waals surface area contributed by atoms with Gasteiger partial charge < -0.3 is 9.84 Å². The first-order valence-electron chi connectivity index (χ1n) is 3.21. The summed E-state index contributed by atoms with van der Waals surface area (Å²) in [5.41, 5.74) is -0.381. The van der Waals surface area contributed by atoms with Gasteiger partial charge >= 0.3 is 5.97 Å². The number of allylic oxidation sites excluding steroid dienone is 2. The lowest BCUT2D eigenvalue weighted by Crippen LogP contribution is -2.14. The minimum absolute atomic E-state index is 0.381. The summed E-state index contributed by atoms with van der Waals surface area (Å²) in [5.74, 6) is -2.16. The van der Waals surface area contributed by atoms with Crippen LogP contribution in [0.1, 0.15) is 6.92 Å². The third kappa shape index (κ3) is 2.23. The third-order valence-corrected chi connectivity index (χ3v) is 1.21. The van der Waals surface area contributed by atoms with E-state index in [1.807, 2.05) is 0 Å². The van der Waals surface area contributed by atoms with Crippen LogP contribution < -0.4 is 0 Å². The molecule has 0 atom stereocenters. The number of Topliss-reactive ketones (excluding diaryl/α,β-unsaturated/α-hetero) is 1. The van der Waals surface area contributed by atoms with Crippen LogP contribution in [0.4, 0.5) is 0 Å². The van der Waals surface area contributed by atoms with Crippen molar-refractivity contribution in [1.29, 1.82) is 0 Å². The number of methoxy groups -OCH3 is 1. The molecule has 0 heterocycles. The SMILES string of the molecule is C=C(C(=O)OC)C(=O)C(O)=CC. The molecule has 0 aliphatic carbocycles. The summed E-state index contributed by atoms with van der Waals surface area (Å²) in [6, 6.07) is 0. The molecule has 66 valence electrons. The monoisotopic (exact) mass is 170 g/mol. The van der Waals surface area contributed by atoms with E-state index in [1.54, 1.807) is 0 Å². The largest absolute Gasteiger partial charge is 0.504 e. The molecule has 4 heteroatoms. The van der Waals surface area contributed by atoms with Crippen LogP contribution in [0.2, 0.25) is 0 Å². The molecular weight excluding hydrogens is 160 g/mol. The van der Waals surface area contributed by atoms with Gasteiger partial charge in [0.15, 0.2) is 5.76 Å². The summed E-state index contributed by atoms with van der Waals surface area (Å²) in [6.45, 7) is 4.64. The molecule has 0 aromatic heterocycles. The van der Waals surface area contributed by atoms with Crippen molar-refractivity contribution in [2.24, 2.45) is 0 Å². The number of rotatable bonds is 3. The first-order valence-corrected chi connectivity index (χ1v) is 3.21. The van der Waals surface area contributed by atoms with Gasteiger partial charge in [-0.2, -0.15) is 0 Å². The zero-order valence-corrected chi connectivity index (χ0v) is 6.96. The van der Waals surface area contributed by atoms with Crippen molar-refractivity contribution in [3.05, 3.63) is 24.0 Å². The molecular formula is C8H10O4. The second kappa shape index (κ2) is 4.33. The van der Waals surface area contributed by atoms with Gasteiger partial charge in [-0.1, -0.05) is 6.58 Å². The lowest BCUT2D eigenvalue weighted by atomic mass is 10.1. The topological polar surface area (TPSA) is 63.6 Å². The molecule has 0 aromatic carbocycles. The van der Waals surface area contributed by atoms with Crippen molar-refractivity contribution in [2.45, 2.75) is 6.92 Å². The minimum atomic E-state index is -0.839. The van der Waals surface area contributed by atoms with Gasteiger partial charge in [-0.25, -0.2) is 4.79 Å². The Morgan fingerprint density at radius 3 is 2.33 bits per heavy atom. The summed E-state index contributed by atoms with van der Waals surface area (Å²) in [7, 11) is 1.13. The second-order valence-corrected chi connectivity index (χ2v) is 1.97. The van der Waals surface area contributed by atoms with E-state index in [4.69, 9.17) is 5.11 Å². The highest BCUT2D eigenvalue weighted by atomic mass is 16.5. The van der Waals surface area contributed by atoms with Crippen molar-refractivity contribution >= 4 is 11.8 Å². The van der Waals surface area contributed by atoms with E-state index in [9.17, 15) is 9.59 Å². The lowest BCUT2D eigenvalue weighted by molar-refractivity contribution is -0.137. The highest BCUT2D eigenvalue weighted by molar-refractivity contribution is 6.22. The van der Waals surface area contributed by atoms with Gasteiger partial charge in [-0.15, -0.1) is 0 Å². The van der Waals surface area contributed by atoms with Gasteiger partial charge in [-0.3, -0.25) is 4.79 Å². The number of hydrogen-bond acceptors (Lipinski definition) is 4. The number of aliphatic hydroxyl groups is 1. The Morgan fingerprint density at radius 2 is 2.00 bits per heavy atom. The minimum Gasteiger partial charge on any atom is -0.504 e. The standard InChI is InChI=1S/C8H10O4/c1-4-6(9)7(10)5(2)8(11)12-3/h4,9H,2H2,1,3H3. The second-order valence-electron chi connectivity index (χ2n) is 1.97. The Hall–Kier alpha value is -1.58. The first kappa shape index (κ1) is 10.4. The molecule has 0 rings (SSSR count). The Morgan fingerprint density at radius 1 is 1.50 bits per heavy atom. The van der Waals surface area contributed by atoms with E-state index in [2.05, 4.69) is 11.3 Å². The summed E-state index contributed by atoms with van der Waals surface area (Å²) in [6.07, 6.45) is 1.18. The van der Waals surface area contributed by atoms with E-state index in [0.29, 0.717) is 0 Å². The fourth-order valence-corrected chi connectivity index (χ4v) is 0.502. The highest BCUT2D eigenvalue weighted by Gasteiger charge is 2.18. The molecule has 12 heavy (non-hydrogen) atoms. The van der Waals surface area contributed by atoms with Gasteiger partial charge in [0.25, 0.3) is 0 Å². The number of hydrogen-bond donors (Lipinski definition) is 1. The van der Waals surface area contributed by atoms with Gasteiger partial charge in [0.2, 0.25) is 5.78 Å². The molecule has 0 bridgehead atoms. The predicted molar refractivity (Wildman–Crippen MR) is 42.5 cm³/mol. The molecule has 0 aromatic rings. The summed E-state index contributed by atoms with van der Waals surface area (Å²) in [4.78, 5) is 21.6.